The van der Waals surface area contributed by atoms with E-state index in [4.69, 9.17) is 4.74 Å². The van der Waals surface area contributed by atoms with E-state index in [1.807, 2.05) is 67.1 Å². The van der Waals surface area contributed by atoms with E-state index in [1.54, 1.807) is 0 Å². The van der Waals surface area contributed by atoms with Crippen molar-refractivity contribution in [2.75, 3.05) is 10.7 Å². The number of thioether (sulfide) groups is 1. The van der Waals surface area contributed by atoms with Gasteiger partial charge in [0.15, 0.2) is 5.82 Å². The number of ether oxygens (including phenoxy) is 1. The summed E-state index contributed by atoms with van der Waals surface area (Å²) >= 11 is 1.40. The predicted octanol–water partition coefficient (Wildman–Crippen LogP) is 5.18. The summed E-state index contributed by atoms with van der Waals surface area (Å²) < 4.78 is 7.73. The van der Waals surface area contributed by atoms with Crippen molar-refractivity contribution < 1.29 is 9.53 Å². The number of nitrogens with one attached hydrogen (secondary N) is 2. The highest BCUT2D eigenvalue weighted by molar-refractivity contribution is 8.00. The van der Waals surface area contributed by atoms with Crippen LogP contribution in [0, 0.1) is 20.8 Å². The number of hydrogen-bond donors (Lipinski definition) is 2. The minimum absolute atomic E-state index is 0.0901. The second-order valence-electron chi connectivity index (χ2n) is 8.68. The standard InChI is InChI=1S/C27H27N5O2S/c1-17-9-12-20(13-10-17)24-25(26(33)28-21-14-11-18(2)19(3)15-21)35-27-30-29-23(32(27)31-24)16-34-22-7-5-4-6-8-22/h4-15,24-25,31H,16H2,1-3H3,(H,28,33)/t24-,25+/m0/s1. The third-order valence-corrected chi connectivity index (χ3v) is 7.30. The Balaban J connectivity index is 1.42. The second-order valence-corrected chi connectivity index (χ2v) is 9.79. The van der Waals surface area contributed by atoms with Crippen molar-refractivity contribution in [2.24, 2.45) is 0 Å². The molecular formula is C27H27N5O2S. The lowest BCUT2D eigenvalue weighted by molar-refractivity contribution is -0.116. The number of aryl methyl sites for hydroxylation is 3. The summed E-state index contributed by atoms with van der Waals surface area (Å²) in [7, 11) is 0. The van der Waals surface area contributed by atoms with Gasteiger partial charge in [-0.3, -0.25) is 4.79 Å². The lowest BCUT2D eigenvalue weighted by Gasteiger charge is -2.33. The molecule has 2 N–H and O–H groups in total. The highest BCUT2D eigenvalue weighted by atomic mass is 32.2. The van der Waals surface area contributed by atoms with Crippen LogP contribution in [0.5, 0.6) is 5.75 Å². The Morgan fingerprint density at radius 1 is 1.00 bits per heavy atom. The van der Waals surface area contributed by atoms with Crippen LogP contribution in [0.3, 0.4) is 0 Å². The fraction of sp³-hybridized carbons (Fsp3) is 0.222. The monoisotopic (exact) mass is 485 g/mol. The lowest BCUT2D eigenvalue weighted by atomic mass is 10.0. The molecule has 1 aliphatic rings. The number of fused-ring (bicyclic) bond motifs is 1. The summed E-state index contributed by atoms with van der Waals surface area (Å²) in [5.74, 6) is 1.31. The average Bonchev–Trinajstić information content (AvgIpc) is 3.27. The molecule has 4 aromatic rings. The zero-order valence-electron chi connectivity index (χ0n) is 19.9. The highest BCUT2D eigenvalue weighted by Gasteiger charge is 2.38. The second kappa shape index (κ2) is 9.84. The van der Waals surface area contributed by atoms with Crippen LogP contribution in [0.2, 0.25) is 0 Å². The van der Waals surface area contributed by atoms with Gasteiger partial charge < -0.3 is 15.5 Å². The molecule has 3 aromatic carbocycles. The number of nitrogens with zero attached hydrogens (tertiary/aromatic N) is 3. The van der Waals surface area contributed by atoms with E-state index in [2.05, 4.69) is 52.1 Å². The quantitative estimate of drug-likeness (QED) is 0.392. The van der Waals surface area contributed by atoms with Gasteiger partial charge in [0.1, 0.15) is 17.6 Å². The van der Waals surface area contributed by atoms with Crippen LogP contribution in [-0.4, -0.2) is 26.0 Å². The molecule has 8 heteroatoms. The number of amides is 1. The van der Waals surface area contributed by atoms with Crippen LogP contribution >= 0.6 is 11.8 Å². The summed E-state index contributed by atoms with van der Waals surface area (Å²) in [5, 5.41) is 11.9. The SMILES string of the molecule is Cc1ccc([C@@H]2Nn3c(COc4ccccc4)nnc3S[C@H]2C(=O)Nc2ccc(C)c(C)c2)cc1. The van der Waals surface area contributed by atoms with Gasteiger partial charge in [-0.2, -0.15) is 0 Å². The first kappa shape index (κ1) is 23.0. The van der Waals surface area contributed by atoms with E-state index in [0.29, 0.717) is 11.0 Å². The smallest absolute Gasteiger partial charge is 0.240 e. The number of anilines is 1. The molecule has 0 spiro atoms. The average molecular weight is 486 g/mol. The Morgan fingerprint density at radius 3 is 2.51 bits per heavy atom. The van der Waals surface area contributed by atoms with Crippen molar-refractivity contribution in [2.45, 2.75) is 43.8 Å². The zero-order valence-corrected chi connectivity index (χ0v) is 20.7. The van der Waals surface area contributed by atoms with Crippen LogP contribution in [-0.2, 0) is 11.4 Å². The molecule has 2 atom stereocenters. The van der Waals surface area contributed by atoms with Gasteiger partial charge in [0.25, 0.3) is 0 Å². The van der Waals surface area contributed by atoms with E-state index in [-0.39, 0.29) is 18.6 Å². The Bertz CT molecular complexity index is 1340. The fourth-order valence-corrected chi connectivity index (χ4v) is 5.01. The molecule has 0 saturated carbocycles. The molecule has 35 heavy (non-hydrogen) atoms. The molecule has 1 aliphatic heterocycles. The van der Waals surface area contributed by atoms with Gasteiger partial charge in [0, 0.05) is 5.69 Å². The van der Waals surface area contributed by atoms with E-state index < -0.39 is 5.25 Å². The van der Waals surface area contributed by atoms with Crippen molar-refractivity contribution in [3.05, 3.63) is 101 Å². The van der Waals surface area contributed by atoms with E-state index >= 15 is 0 Å². The fourth-order valence-electron chi connectivity index (χ4n) is 3.91. The van der Waals surface area contributed by atoms with Gasteiger partial charge in [0.05, 0.1) is 6.04 Å². The first-order valence-corrected chi connectivity index (χ1v) is 12.4. The molecular weight excluding hydrogens is 458 g/mol. The van der Waals surface area contributed by atoms with Crippen molar-refractivity contribution in [3.63, 3.8) is 0 Å². The molecule has 1 aromatic heterocycles. The summed E-state index contributed by atoms with van der Waals surface area (Å²) in [6, 6.07) is 23.5. The Kier molecular flexibility index (Phi) is 6.46. The minimum atomic E-state index is -0.445. The Labute approximate surface area is 208 Å². The van der Waals surface area contributed by atoms with Crippen LogP contribution < -0.4 is 15.5 Å². The van der Waals surface area contributed by atoms with Gasteiger partial charge >= 0.3 is 0 Å². The van der Waals surface area contributed by atoms with Crippen LogP contribution in [0.4, 0.5) is 5.69 Å². The third kappa shape index (κ3) is 5.02. The van der Waals surface area contributed by atoms with Gasteiger partial charge in [-0.25, -0.2) is 4.68 Å². The molecule has 1 amide bonds. The van der Waals surface area contributed by atoms with Crippen LogP contribution in [0.15, 0.2) is 78.0 Å². The number of carbonyl (C=O) groups is 1. The van der Waals surface area contributed by atoms with Crippen molar-refractivity contribution in [1.82, 2.24) is 14.9 Å². The van der Waals surface area contributed by atoms with Crippen molar-refractivity contribution in [1.29, 1.82) is 0 Å². The topological polar surface area (TPSA) is 81.1 Å². The summed E-state index contributed by atoms with van der Waals surface area (Å²) in [6.45, 7) is 6.40. The molecule has 178 valence electrons. The first-order valence-electron chi connectivity index (χ1n) is 11.5. The molecule has 2 heterocycles. The summed E-state index contributed by atoms with van der Waals surface area (Å²) in [4.78, 5) is 13.5. The van der Waals surface area contributed by atoms with Gasteiger partial charge in [-0.1, -0.05) is 65.9 Å². The predicted molar refractivity (Wildman–Crippen MR) is 138 cm³/mol. The van der Waals surface area contributed by atoms with Crippen molar-refractivity contribution >= 4 is 23.4 Å². The molecule has 0 aliphatic carbocycles. The maximum absolute atomic E-state index is 13.5. The van der Waals surface area contributed by atoms with Gasteiger partial charge in [-0.15, -0.1) is 10.2 Å². The highest BCUT2D eigenvalue weighted by Crippen LogP contribution is 2.38. The van der Waals surface area contributed by atoms with Crippen molar-refractivity contribution in [3.8, 4) is 5.75 Å². The van der Waals surface area contributed by atoms with Gasteiger partial charge in [-0.05, 0) is 61.7 Å². The Morgan fingerprint density at radius 2 is 1.77 bits per heavy atom. The number of hydrogen-bond acceptors (Lipinski definition) is 6. The number of benzene rings is 3. The molecule has 7 nitrogen and oxygen atoms in total. The number of para-hydroxylation sites is 1. The molecule has 0 bridgehead atoms. The largest absolute Gasteiger partial charge is 0.486 e. The van der Waals surface area contributed by atoms with E-state index in [0.717, 1.165) is 28.1 Å². The molecule has 5 rings (SSSR count). The maximum Gasteiger partial charge on any atom is 0.240 e. The maximum atomic E-state index is 13.5. The molecule has 0 saturated heterocycles. The lowest BCUT2D eigenvalue weighted by Crippen LogP contribution is -2.41. The number of rotatable bonds is 6. The van der Waals surface area contributed by atoms with Crippen LogP contribution in [0.25, 0.3) is 0 Å². The molecule has 0 unspecified atom stereocenters. The van der Waals surface area contributed by atoms with Crippen LogP contribution in [0.1, 0.15) is 34.1 Å². The first-order chi connectivity index (χ1) is 17.0. The summed E-state index contributed by atoms with van der Waals surface area (Å²) in [6.07, 6.45) is 0. The van der Waals surface area contributed by atoms with E-state index in [9.17, 15) is 4.79 Å². The summed E-state index contributed by atoms with van der Waals surface area (Å²) in [5.41, 5.74) is 8.76. The molecule has 0 fully saturated rings. The van der Waals surface area contributed by atoms with Gasteiger partial charge in [0.2, 0.25) is 11.1 Å². The number of aromatic nitrogens is 3. The third-order valence-electron chi connectivity index (χ3n) is 6.08. The van der Waals surface area contributed by atoms with E-state index in [1.165, 1.54) is 17.3 Å². The Hall–Kier alpha value is -3.78. The zero-order chi connectivity index (χ0) is 24.4. The normalized spacial score (nSPS) is 16.8. The minimum Gasteiger partial charge on any atom is -0.486 e. The molecule has 0 radical (unpaired) electrons. The number of carbonyl (C=O) groups excluding carboxylic acids is 1.